The predicted octanol–water partition coefficient (Wildman–Crippen LogP) is 0.902. The average molecular weight is 820 g/mol. The van der Waals surface area contributed by atoms with Crippen LogP contribution < -0.4 is 10.1 Å². The molecule has 21 heteroatoms. The third-order valence-electron chi connectivity index (χ3n) is 10.0. The SMILES string of the molecule is N#C[C@@H]1CC(F)(F)CN1C(=O)CNC(=O)c1ccnc2ccc(OCCCN3CCN(C(=O)CN(Cc4nccn4CC(=O)O)Cc4nccn4CC(=O)O)CC3)cc12. The number of aliphatic carboxylic acids is 2. The number of pyridine rings is 1. The number of imidazole rings is 2. The van der Waals surface area contributed by atoms with E-state index in [4.69, 9.17) is 4.74 Å². The molecular formula is C38H43F2N11O8. The van der Waals surface area contributed by atoms with Gasteiger partial charge in [0.2, 0.25) is 11.8 Å². The zero-order valence-corrected chi connectivity index (χ0v) is 32.0. The number of nitrogens with zero attached hydrogens (tertiary/aromatic N) is 10. The van der Waals surface area contributed by atoms with Crippen LogP contribution in [-0.2, 0) is 45.4 Å². The number of likely N-dealkylation sites (tertiary alicyclic amines) is 1. The molecule has 312 valence electrons. The van der Waals surface area contributed by atoms with Gasteiger partial charge in [0.05, 0.1) is 56.5 Å². The molecule has 1 aromatic carbocycles. The van der Waals surface area contributed by atoms with Gasteiger partial charge in [-0.1, -0.05) is 0 Å². The molecule has 0 radical (unpaired) electrons. The molecule has 59 heavy (non-hydrogen) atoms. The first-order valence-corrected chi connectivity index (χ1v) is 18.8. The number of piperazine rings is 1. The summed E-state index contributed by atoms with van der Waals surface area (Å²) >= 11 is 0. The van der Waals surface area contributed by atoms with Crippen molar-refractivity contribution in [1.82, 2.24) is 49.0 Å². The molecular weight excluding hydrogens is 776 g/mol. The van der Waals surface area contributed by atoms with Crippen molar-refractivity contribution in [3.8, 4) is 11.8 Å². The van der Waals surface area contributed by atoms with Gasteiger partial charge in [-0.3, -0.25) is 38.8 Å². The van der Waals surface area contributed by atoms with Crippen LogP contribution in [0.4, 0.5) is 8.78 Å². The Hall–Kier alpha value is -6.53. The number of benzene rings is 1. The summed E-state index contributed by atoms with van der Waals surface area (Å²) in [6, 6.07) is 7.01. The van der Waals surface area contributed by atoms with Gasteiger partial charge in [-0.25, -0.2) is 18.7 Å². The van der Waals surface area contributed by atoms with Crippen molar-refractivity contribution in [1.29, 1.82) is 5.26 Å². The Labute approximate surface area is 336 Å². The molecule has 4 aromatic rings. The van der Waals surface area contributed by atoms with E-state index in [-0.39, 0.29) is 44.2 Å². The van der Waals surface area contributed by atoms with E-state index in [1.54, 1.807) is 46.5 Å². The molecule has 0 bridgehead atoms. The van der Waals surface area contributed by atoms with E-state index in [0.29, 0.717) is 74.1 Å². The second-order valence-corrected chi connectivity index (χ2v) is 14.2. The molecule has 19 nitrogen and oxygen atoms in total. The number of alkyl halides is 2. The summed E-state index contributed by atoms with van der Waals surface area (Å²) in [6.07, 6.45) is 7.41. The van der Waals surface area contributed by atoms with E-state index in [1.165, 1.54) is 33.8 Å². The number of carbonyl (C=O) groups excluding carboxylic acids is 3. The molecule has 3 amide bonds. The molecule has 2 aliphatic rings. The minimum absolute atomic E-state index is 0.0284. The van der Waals surface area contributed by atoms with Gasteiger partial charge in [0.1, 0.15) is 36.5 Å². The van der Waals surface area contributed by atoms with Crippen molar-refractivity contribution in [2.24, 2.45) is 0 Å². The summed E-state index contributed by atoms with van der Waals surface area (Å²) in [4.78, 5) is 81.4. The van der Waals surface area contributed by atoms with Crippen LogP contribution in [0.2, 0.25) is 0 Å². The molecule has 0 saturated carbocycles. The first-order chi connectivity index (χ1) is 28.3. The highest BCUT2D eigenvalue weighted by atomic mass is 19.3. The molecule has 6 rings (SSSR count). The molecule has 2 aliphatic heterocycles. The summed E-state index contributed by atoms with van der Waals surface area (Å²) in [5.74, 6) is -5.43. The monoisotopic (exact) mass is 819 g/mol. The molecule has 3 N–H and O–H groups in total. The number of fused-ring (bicyclic) bond motifs is 1. The van der Waals surface area contributed by atoms with E-state index in [9.17, 15) is 48.2 Å². The van der Waals surface area contributed by atoms with Crippen LogP contribution in [0.25, 0.3) is 10.9 Å². The fourth-order valence-corrected chi connectivity index (χ4v) is 7.08. The average Bonchev–Trinajstić information content (AvgIpc) is 3.92. The highest BCUT2D eigenvalue weighted by Gasteiger charge is 2.47. The zero-order chi connectivity index (χ0) is 42.1. The number of aromatic nitrogens is 5. The van der Waals surface area contributed by atoms with Crippen molar-refractivity contribution in [2.45, 2.75) is 51.0 Å². The second-order valence-electron chi connectivity index (χ2n) is 14.2. The Morgan fingerprint density at radius 2 is 1.58 bits per heavy atom. The number of nitriles is 1. The third kappa shape index (κ3) is 11.1. The van der Waals surface area contributed by atoms with E-state index in [2.05, 4.69) is 25.2 Å². The van der Waals surface area contributed by atoms with Crippen LogP contribution in [-0.4, -0.2) is 154 Å². The normalized spacial score (nSPS) is 16.6. The number of carboxylic acid groups (broad SMARTS) is 2. The number of amides is 3. The number of carbonyl (C=O) groups is 5. The van der Waals surface area contributed by atoms with Gasteiger partial charge in [0, 0.05) is 75.5 Å². The smallest absolute Gasteiger partial charge is 0.323 e. The first kappa shape index (κ1) is 42.1. The van der Waals surface area contributed by atoms with Gasteiger partial charge >= 0.3 is 11.9 Å². The van der Waals surface area contributed by atoms with E-state index >= 15 is 0 Å². The topological polar surface area (TPSA) is 232 Å². The molecule has 1 atom stereocenters. The van der Waals surface area contributed by atoms with Crippen molar-refractivity contribution < 1.29 is 47.7 Å². The standard InChI is InChI=1S/C38H43F2N11O8/c39-38(40)17-26(18-41)51(25-38)33(52)19-45-37(58)28-4-5-42-30-3-2-27(16-29(28)30)59-15-1-8-46-11-13-48(14-12-46)34(53)22-47(20-31-43-6-9-49(31)23-35(54)55)21-32-44-7-10-50(32)24-36(56)57/h2-7,9-10,16,26H,1,8,11-15,17,19-25H2,(H,45,58)(H,54,55)(H,56,57)/t26-/m0/s1. The van der Waals surface area contributed by atoms with Gasteiger partial charge in [0.15, 0.2) is 0 Å². The van der Waals surface area contributed by atoms with Crippen molar-refractivity contribution in [3.63, 3.8) is 0 Å². The van der Waals surface area contributed by atoms with Gasteiger partial charge in [0.25, 0.3) is 11.8 Å². The van der Waals surface area contributed by atoms with Crippen LogP contribution >= 0.6 is 0 Å². The summed E-state index contributed by atoms with van der Waals surface area (Å²) in [5.41, 5.74) is 0.714. The van der Waals surface area contributed by atoms with E-state index in [1.807, 2.05) is 0 Å². The lowest BCUT2D eigenvalue weighted by Gasteiger charge is -2.35. The maximum Gasteiger partial charge on any atom is 0.323 e. The Kier molecular flexibility index (Phi) is 13.4. The quantitative estimate of drug-likeness (QED) is 0.119. The maximum atomic E-state index is 13.8. The number of halogens is 2. The number of nitrogens with one attached hydrogen (secondary N) is 1. The molecule has 0 unspecified atom stereocenters. The van der Waals surface area contributed by atoms with Gasteiger partial charge < -0.3 is 39.2 Å². The second kappa shape index (κ2) is 18.8. The summed E-state index contributed by atoms with van der Waals surface area (Å²) in [7, 11) is 0. The minimum atomic E-state index is -3.17. The fourth-order valence-electron chi connectivity index (χ4n) is 7.08. The molecule has 0 aliphatic carbocycles. The Balaban J connectivity index is 0.976. The lowest BCUT2D eigenvalue weighted by atomic mass is 10.1. The van der Waals surface area contributed by atoms with E-state index in [0.717, 1.165) is 4.90 Å². The lowest BCUT2D eigenvalue weighted by molar-refractivity contribution is -0.138. The number of hydrogen-bond acceptors (Lipinski definition) is 12. The largest absolute Gasteiger partial charge is 0.494 e. The summed E-state index contributed by atoms with van der Waals surface area (Å²) in [5, 5.41) is 30.8. The van der Waals surface area contributed by atoms with Gasteiger partial charge in [-0.15, -0.1) is 0 Å². The number of ether oxygens (including phenoxy) is 1. The lowest BCUT2D eigenvalue weighted by Crippen LogP contribution is -2.51. The van der Waals surface area contributed by atoms with Crippen LogP contribution in [0.15, 0.2) is 55.2 Å². The molecule has 0 spiro atoms. The maximum absolute atomic E-state index is 13.8. The number of carboxylic acids is 2. The van der Waals surface area contributed by atoms with Crippen molar-refractivity contribution in [3.05, 3.63) is 72.5 Å². The number of rotatable bonds is 18. The Morgan fingerprint density at radius 3 is 2.20 bits per heavy atom. The highest BCUT2D eigenvalue weighted by Crippen LogP contribution is 2.31. The third-order valence-corrected chi connectivity index (χ3v) is 10.0. The predicted molar refractivity (Wildman–Crippen MR) is 202 cm³/mol. The van der Waals surface area contributed by atoms with Crippen LogP contribution in [0.5, 0.6) is 5.75 Å². The van der Waals surface area contributed by atoms with Crippen LogP contribution in [0, 0.1) is 11.3 Å². The van der Waals surface area contributed by atoms with Crippen LogP contribution in [0.3, 0.4) is 0 Å². The summed E-state index contributed by atoms with van der Waals surface area (Å²) in [6.45, 7) is 1.44. The summed E-state index contributed by atoms with van der Waals surface area (Å²) < 4.78 is 36.6. The fraction of sp³-hybridized carbons (Fsp3) is 0.447. The van der Waals surface area contributed by atoms with Crippen LogP contribution in [0.1, 0.15) is 34.8 Å². The minimum Gasteiger partial charge on any atom is -0.494 e. The zero-order valence-electron chi connectivity index (χ0n) is 32.0. The highest BCUT2D eigenvalue weighted by molar-refractivity contribution is 6.07. The number of hydrogen-bond donors (Lipinski definition) is 3. The molecule has 5 heterocycles. The molecule has 2 saturated heterocycles. The molecule has 2 fully saturated rings. The van der Waals surface area contributed by atoms with E-state index < -0.39 is 55.2 Å². The first-order valence-electron chi connectivity index (χ1n) is 18.8. The molecule has 3 aromatic heterocycles. The van der Waals surface area contributed by atoms with Gasteiger partial charge in [-0.2, -0.15) is 5.26 Å². The van der Waals surface area contributed by atoms with Crippen molar-refractivity contribution in [2.75, 3.05) is 59.0 Å². The Bertz CT molecular complexity index is 2160. The Morgan fingerprint density at radius 1 is 0.915 bits per heavy atom. The van der Waals surface area contributed by atoms with Crippen molar-refractivity contribution >= 4 is 40.6 Å². The van der Waals surface area contributed by atoms with Gasteiger partial charge in [-0.05, 0) is 30.7 Å².